The first kappa shape index (κ1) is 19.0. The molecule has 0 unspecified atom stereocenters. The molecule has 4 heterocycles. The van der Waals surface area contributed by atoms with Crippen molar-refractivity contribution in [1.82, 2.24) is 24.8 Å². The number of carbonyl (C=O) groups is 1. The van der Waals surface area contributed by atoms with Crippen LogP contribution < -0.4 is 5.32 Å². The Bertz CT molecular complexity index is 706. The maximum Gasteiger partial charge on any atom is 0.255 e. The van der Waals surface area contributed by atoms with Crippen molar-refractivity contribution in [3.05, 3.63) is 29.7 Å². The summed E-state index contributed by atoms with van der Waals surface area (Å²) >= 11 is 0. The molecule has 2 aliphatic rings. The summed E-state index contributed by atoms with van der Waals surface area (Å²) in [5.41, 5.74) is 1.51. The van der Waals surface area contributed by atoms with Crippen molar-refractivity contribution in [2.45, 2.75) is 19.8 Å². The molecule has 4 rings (SSSR count). The monoisotopic (exact) mass is 371 g/mol. The Balaban J connectivity index is 0.00000104. The Kier molecular flexibility index (Phi) is 6.06. The zero-order chi connectivity index (χ0) is 15.1. The van der Waals surface area contributed by atoms with Crippen molar-refractivity contribution in [1.29, 1.82) is 0 Å². The van der Waals surface area contributed by atoms with Gasteiger partial charge in [0.2, 0.25) is 0 Å². The van der Waals surface area contributed by atoms with Crippen molar-refractivity contribution >= 4 is 36.4 Å². The minimum atomic E-state index is 0. The molecule has 2 fully saturated rings. The summed E-state index contributed by atoms with van der Waals surface area (Å²) in [6.45, 7) is 5.84. The van der Waals surface area contributed by atoms with E-state index >= 15 is 0 Å². The van der Waals surface area contributed by atoms with Gasteiger partial charge in [-0.2, -0.15) is 0 Å². The normalized spacial score (nSPS) is 23.1. The number of aromatic nitrogens is 3. The second-order valence-electron chi connectivity index (χ2n) is 6.44. The molecule has 2 aliphatic heterocycles. The van der Waals surface area contributed by atoms with Gasteiger partial charge in [-0.25, -0.2) is 0 Å². The van der Waals surface area contributed by atoms with E-state index in [0.717, 1.165) is 67.9 Å². The Labute approximate surface area is 153 Å². The fourth-order valence-electron chi connectivity index (χ4n) is 3.74. The number of hydrogen-bond acceptors (Lipinski definition) is 4. The fraction of sp³-hybridized carbons (Fsp3) is 0.562. The molecule has 0 spiro atoms. The van der Waals surface area contributed by atoms with Crippen LogP contribution >= 0.6 is 24.8 Å². The molecule has 0 aliphatic carbocycles. The number of aryl methyl sites for hydroxylation is 1. The molecule has 132 valence electrons. The van der Waals surface area contributed by atoms with Crippen LogP contribution in [0.3, 0.4) is 0 Å². The first-order valence-electron chi connectivity index (χ1n) is 8.04. The van der Waals surface area contributed by atoms with Gasteiger partial charge in [-0.1, -0.05) is 0 Å². The van der Waals surface area contributed by atoms with Crippen LogP contribution in [0.25, 0.3) is 5.65 Å². The van der Waals surface area contributed by atoms with Gasteiger partial charge in [0.25, 0.3) is 5.91 Å². The first-order chi connectivity index (χ1) is 10.7. The minimum Gasteiger partial charge on any atom is -0.339 e. The van der Waals surface area contributed by atoms with Crippen LogP contribution in [-0.2, 0) is 0 Å². The molecule has 6 nitrogen and oxygen atoms in total. The van der Waals surface area contributed by atoms with Gasteiger partial charge in [0.1, 0.15) is 5.82 Å². The number of hydrogen-bond donors (Lipinski definition) is 1. The van der Waals surface area contributed by atoms with Gasteiger partial charge in [-0.15, -0.1) is 35.0 Å². The zero-order valence-electron chi connectivity index (χ0n) is 13.6. The van der Waals surface area contributed by atoms with Gasteiger partial charge in [-0.3, -0.25) is 9.20 Å². The predicted octanol–water partition coefficient (Wildman–Crippen LogP) is 1.95. The third kappa shape index (κ3) is 3.36. The van der Waals surface area contributed by atoms with Crippen molar-refractivity contribution < 1.29 is 4.79 Å². The predicted molar refractivity (Wildman–Crippen MR) is 97.2 cm³/mol. The summed E-state index contributed by atoms with van der Waals surface area (Å²) < 4.78 is 1.88. The number of pyridine rings is 1. The molecule has 1 amide bonds. The lowest BCUT2D eigenvalue weighted by Gasteiger charge is -2.21. The van der Waals surface area contributed by atoms with Gasteiger partial charge in [0.15, 0.2) is 5.65 Å². The number of nitrogens with zero attached hydrogens (tertiary/aromatic N) is 4. The number of nitrogens with one attached hydrogen (secondary N) is 1. The average molecular weight is 372 g/mol. The topological polar surface area (TPSA) is 62.5 Å². The van der Waals surface area contributed by atoms with E-state index in [-0.39, 0.29) is 30.7 Å². The Morgan fingerprint density at radius 1 is 1.12 bits per heavy atom. The summed E-state index contributed by atoms with van der Waals surface area (Å²) in [6.07, 6.45) is 4.08. The maximum atomic E-state index is 12.8. The third-order valence-corrected chi connectivity index (χ3v) is 5.13. The second kappa shape index (κ2) is 7.68. The molecule has 0 bridgehead atoms. The summed E-state index contributed by atoms with van der Waals surface area (Å²) in [6, 6.07) is 3.72. The smallest absolute Gasteiger partial charge is 0.255 e. The van der Waals surface area contributed by atoms with Crippen molar-refractivity contribution in [3.8, 4) is 0 Å². The van der Waals surface area contributed by atoms with Gasteiger partial charge in [0, 0.05) is 19.3 Å². The quantitative estimate of drug-likeness (QED) is 0.831. The number of carbonyl (C=O) groups excluding carboxylic acids is 1. The average Bonchev–Trinajstić information content (AvgIpc) is 3.08. The lowest BCUT2D eigenvalue weighted by Crippen LogP contribution is -2.32. The number of halogens is 2. The molecule has 2 aromatic rings. The Hall–Kier alpha value is -1.37. The van der Waals surface area contributed by atoms with E-state index in [1.807, 2.05) is 34.6 Å². The molecule has 0 radical (unpaired) electrons. The molecule has 0 saturated carbocycles. The van der Waals surface area contributed by atoms with E-state index in [1.165, 1.54) is 0 Å². The second-order valence-corrected chi connectivity index (χ2v) is 6.44. The van der Waals surface area contributed by atoms with E-state index in [1.54, 1.807) is 0 Å². The SMILES string of the molecule is Cc1nnc2ccc(C(=O)N3CC[C@@H]4CNC[C@@H]4CC3)cn12.Cl.Cl. The van der Waals surface area contributed by atoms with E-state index < -0.39 is 0 Å². The number of amides is 1. The van der Waals surface area contributed by atoms with E-state index in [2.05, 4.69) is 15.5 Å². The molecular weight excluding hydrogens is 349 g/mol. The van der Waals surface area contributed by atoms with Crippen LogP contribution in [0.5, 0.6) is 0 Å². The van der Waals surface area contributed by atoms with Crippen LogP contribution in [-0.4, -0.2) is 51.6 Å². The lowest BCUT2D eigenvalue weighted by molar-refractivity contribution is 0.0758. The standard InChI is InChI=1S/C16H21N5O.2ClH/c1-11-18-19-15-3-2-14(10-21(11)15)16(22)20-6-4-12-8-17-9-13(12)5-7-20;;/h2-3,10,12-13,17H,4-9H2,1H3;2*1H/t12-,13+;;. The van der Waals surface area contributed by atoms with E-state index in [9.17, 15) is 4.79 Å². The van der Waals surface area contributed by atoms with Crippen LogP contribution in [0.4, 0.5) is 0 Å². The summed E-state index contributed by atoms with van der Waals surface area (Å²) in [7, 11) is 0. The van der Waals surface area contributed by atoms with Gasteiger partial charge >= 0.3 is 0 Å². The Morgan fingerprint density at radius 3 is 2.46 bits per heavy atom. The molecule has 1 N–H and O–H groups in total. The number of likely N-dealkylation sites (tertiary alicyclic amines) is 1. The molecule has 2 aromatic heterocycles. The van der Waals surface area contributed by atoms with Gasteiger partial charge in [-0.05, 0) is 56.8 Å². The van der Waals surface area contributed by atoms with Crippen molar-refractivity contribution in [2.24, 2.45) is 11.8 Å². The highest BCUT2D eigenvalue weighted by Gasteiger charge is 2.31. The van der Waals surface area contributed by atoms with E-state index in [4.69, 9.17) is 0 Å². The van der Waals surface area contributed by atoms with Crippen LogP contribution in [0, 0.1) is 18.8 Å². The van der Waals surface area contributed by atoms with Gasteiger partial charge < -0.3 is 10.2 Å². The molecule has 2 atom stereocenters. The van der Waals surface area contributed by atoms with E-state index in [0.29, 0.717) is 0 Å². The fourth-order valence-corrected chi connectivity index (χ4v) is 3.74. The summed E-state index contributed by atoms with van der Waals surface area (Å²) in [4.78, 5) is 14.8. The Morgan fingerprint density at radius 2 is 1.79 bits per heavy atom. The largest absolute Gasteiger partial charge is 0.339 e. The molecule has 2 saturated heterocycles. The lowest BCUT2D eigenvalue weighted by atomic mass is 9.92. The van der Waals surface area contributed by atoms with Gasteiger partial charge in [0.05, 0.1) is 5.56 Å². The molecule has 24 heavy (non-hydrogen) atoms. The first-order valence-corrected chi connectivity index (χ1v) is 8.04. The highest BCUT2D eigenvalue weighted by atomic mass is 35.5. The van der Waals surface area contributed by atoms with Crippen LogP contribution in [0.15, 0.2) is 18.3 Å². The molecular formula is C16H23Cl2N5O. The number of rotatable bonds is 1. The summed E-state index contributed by atoms with van der Waals surface area (Å²) in [5.74, 6) is 2.41. The third-order valence-electron chi connectivity index (χ3n) is 5.13. The molecule has 0 aromatic carbocycles. The van der Waals surface area contributed by atoms with Crippen molar-refractivity contribution in [2.75, 3.05) is 26.2 Å². The highest BCUT2D eigenvalue weighted by molar-refractivity contribution is 5.94. The zero-order valence-corrected chi connectivity index (χ0v) is 15.3. The number of fused-ring (bicyclic) bond motifs is 2. The highest BCUT2D eigenvalue weighted by Crippen LogP contribution is 2.27. The van der Waals surface area contributed by atoms with Crippen molar-refractivity contribution in [3.63, 3.8) is 0 Å². The maximum absolute atomic E-state index is 12.8. The molecule has 8 heteroatoms. The van der Waals surface area contributed by atoms with Crippen LogP contribution in [0.1, 0.15) is 29.0 Å². The summed E-state index contributed by atoms with van der Waals surface area (Å²) in [5, 5.41) is 11.6. The minimum absolute atomic E-state index is 0. The van der Waals surface area contributed by atoms with Crippen LogP contribution in [0.2, 0.25) is 0 Å².